The molecule has 1 aromatic carbocycles. The first kappa shape index (κ1) is 18.5. The van der Waals surface area contributed by atoms with Crippen LogP contribution in [0.15, 0.2) is 23.3 Å². The molecule has 0 saturated carbocycles. The number of hydrogen-bond donors (Lipinski definition) is 3. The van der Waals surface area contributed by atoms with Crippen molar-refractivity contribution >= 4 is 40.4 Å². The zero-order chi connectivity index (χ0) is 18.4. The number of nitriles is 1. The molecule has 1 aliphatic rings. The number of hydrazone groups is 1. The van der Waals surface area contributed by atoms with Crippen molar-refractivity contribution in [1.82, 2.24) is 4.90 Å². The summed E-state index contributed by atoms with van der Waals surface area (Å²) in [5.74, 6) is -0.271. The Balaban J connectivity index is 2.20. The van der Waals surface area contributed by atoms with Crippen LogP contribution in [0.1, 0.15) is 13.3 Å². The Morgan fingerprint density at radius 1 is 1.44 bits per heavy atom. The summed E-state index contributed by atoms with van der Waals surface area (Å²) in [4.78, 5) is 15.7. The van der Waals surface area contributed by atoms with Crippen molar-refractivity contribution in [3.8, 4) is 6.07 Å². The van der Waals surface area contributed by atoms with E-state index in [2.05, 4.69) is 15.4 Å². The smallest absolute Gasteiger partial charge is 0.222 e. The van der Waals surface area contributed by atoms with Crippen molar-refractivity contribution in [2.75, 3.05) is 36.5 Å². The average Bonchev–Trinajstić information content (AvgIpc) is 2.61. The summed E-state index contributed by atoms with van der Waals surface area (Å²) in [6.07, 6.45) is 0.496. The van der Waals surface area contributed by atoms with Gasteiger partial charge in [0, 0.05) is 32.6 Å². The second-order valence-electron chi connectivity index (χ2n) is 5.46. The van der Waals surface area contributed by atoms with Crippen LogP contribution in [0, 0.1) is 16.7 Å². The summed E-state index contributed by atoms with van der Waals surface area (Å²) in [6, 6.07) is 7.07. The predicted molar refractivity (Wildman–Crippen MR) is 99.1 cm³/mol. The highest BCUT2D eigenvalue weighted by Crippen LogP contribution is 2.34. The third-order valence-corrected chi connectivity index (χ3v) is 4.19. The number of para-hydroxylation sites is 1. The molecule has 1 saturated heterocycles. The van der Waals surface area contributed by atoms with Gasteiger partial charge in [0.25, 0.3) is 0 Å². The lowest BCUT2D eigenvalue weighted by Gasteiger charge is -2.37. The van der Waals surface area contributed by atoms with E-state index in [0.29, 0.717) is 43.3 Å². The van der Waals surface area contributed by atoms with Gasteiger partial charge in [0.15, 0.2) is 5.84 Å². The van der Waals surface area contributed by atoms with E-state index >= 15 is 0 Å². The van der Waals surface area contributed by atoms with E-state index in [-0.39, 0.29) is 11.6 Å². The van der Waals surface area contributed by atoms with Crippen LogP contribution in [0.2, 0.25) is 5.02 Å². The topological polar surface area (TPSA) is 122 Å². The van der Waals surface area contributed by atoms with Crippen LogP contribution in [-0.2, 0) is 4.79 Å². The summed E-state index contributed by atoms with van der Waals surface area (Å²) in [5.41, 5.74) is 9.21. The molecule has 9 heteroatoms. The number of carbonyl (C=O) groups is 1. The number of rotatable bonds is 5. The first-order chi connectivity index (χ1) is 12.0. The van der Waals surface area contributed by atoms with Crippen molar-refractivity contribution in [1.29, 1.82) is 10.7 Å². The summed E-state index contributed by atoms with van der Waals surface area (Å²) in [6.45, 7) is 4.39. The summed E-state index contributed by atoms with van der Waals surface area (Å²) < 4.78 is 0. The molecule has 0 spiro atoms. The maximum atomic E-state index is 11.8. The Bertz CT molecular complexity index is 732. The molecular formula is C16H20ClN7O. The van der Waals surface area contributed by atoms with E-state index in [1.807, 2.05) is 11.8 Å². The minimum absolute atomic E-state index is 0.141. The van der Waals surface area contributed by atoms with Crippen molar-refractivity contribution in [3.05, 3.63) is 23.2 Å². The fraction of sp³-hybridized carbons (Fsp3) is 0.375. The first-order valence-corrected chi connectivity index (χ1v) is 8.25. The number of benzene rings is 1. The molecule has 0 aliphatic carbocycles. The monoisotopic (exact) mass is 361 g/mol. The van der Waals surface area contributed by atoms with Crippen molar-refractivity contribution in [2.24, 2.45) is 10.8 Å². The van der Waals surface area contributed by atoms with Gasteiger partial charge in [0.05, 0.1) is 16.4 Å². The largest absolute Gasteiger partial charge is 0.382 e. The highest BCUT2D eigenvalue weighted by Gasteiger charge is 2.23. The Hall–Kier alpha value is -2.79. The number of piperazine rings is 1. The fourth-order valence-corrected chi connectivity index (χ4v) is 2.89. The minimum atomic E-state index is -0.412. The van der Waals surface area contributed by atoms with Gasteiger partial charge in [0.1, 0.15) is 6.07 Å². The molecule has 132 valence electrons. The second-order valence-corrected chi connectivity index (χ2v) is 5.86. The van der Waals surface area contributed by atoms with E-state index < -0.39 is 5.84 Å². The second kappa shape index (κ2) is 8.35. The molecule has 2 rings (SSSR count). The molecule has 4 N–H and O–H groups in total. The molecule has 1 fully saturated rings. The molecule has 25 heavy (non-hydrogen) atoms. The molecule has 0 bridgehead atoms. The zero-order valence-electron chi connectivity index (χ0n) is 13.9. The molecular weight excluding hydrogens is 342 g/mol. The van der Waals surface area contributed by atoms with Crippen LogP contribution in [0.4, 0.5) is 11.4 Å². The van der Waals surface area contributed by atoms with Crippen LogP contribution in [0.5, 0.6) is 0 Å². The van der Waals surface area contributed by atoms with Gasteiger partial charge in [-0.1, -0.05) is 24.6 Å². The number of nitrogens with zero attached hydrogens (tertiary/aromatic N) is 4. The number of amides is 1. The van der Waals surface area contributed by atoms with Crippen LogP contribution >= 0.6 is 11.6 Å². The normalized spacial score (nSPS) is 14.8. The molecule has 0 radical (unpaired) electrons. The Morgan fingerprint density at radius 3 is 2.68 bits per heavy atom. The Kier molecular flexibility index (Phi) is 6.19. The zero-order valence-corrected chi connectivity index (χ0v) is 14.7. The highest BCUT2D eigenvalue weighted by molar-refractivity contribution is 6.45. The Labute approximate surface area is 151 Å². The van der Waals surface area contributed by atoms with E-state index in [1.165, 1.54) is 0 Å². The summed E-state index contributed by atoms with van der Waals surface area (Å²) in [5, 5.41) is 20.6. The number of halogens is 1. The molecule has 1 amide bonds. The number of nitrogens with two attached hydrogens (primary N) is 1. The van der Waals surface area contributed by atoms with Gasteiger partial charge in [-0.25, -0.2) is 0 Å². The third-order valence-electron chi connectivity index (χ3n) is 3.89. The third kappa shape index (κ3) is 4.39. The lowest BCUT2D eigenvalue weighted by molar-refractivity contribution is -0.131. The highest BCUT2D eigenvalue weighted by atomic mass is 35.5. The minimum Gasteiger partial charge on any atom is -0.382 e. The predicted octanol–water partition coefficient (Wildman–Crippen LogP) is 1.63. The van der Waals surface area contributed by atoms with E-state index in [0.717, 1.165) is 5.69 Å². The standard InChI is InChI=1S/C16H20ClN7O/c1-2-14(25)23-6-8-24(9-7-23)15-11(17)4-3-5-12(15)21-22-13(10-18)16(19)20/h3-5,21H,2,6-9H2,1H3,(H3,19,20)/b22-13+. The molecule has 1 aliphatic heterocycles. The SMILES string of the molecule is CCC(=O)N1CCN(c2c(Cl)cccc2N/N=C(\C#N)C(=N)N)CC1. The van der Waals surface area contributed by atoms with Crippen LogP contribution in [0.25, 0.3) is 0 Å². The van der Waals surface area contributed by atoms with Gasteiger partial charge in [-0.15, -0.1) is 0 Å². The van der Waals surface area contributed by atoms with E-state index in [1.54, 1.807) is 24.3 Å². The van der Waals surface area contributed by atoms with Crippen LogP contribution in [-0.4, -0.2) is 48.5 Å². The van der Waals surface area contributed by atoms with E-state index in [4.69, 9.17) is 28.0 Å². The first-order valence-electron chi connectivity index (χ1n) is 7.87. The van der Waals surface area contributed by atoms with Gasteiger partial charge in [-0.3, -0.25) is 15.6 Å². The van der Waals surface area contributed by atoms with Crippen molar-refractivity contribution in [3.63, 3.8) is 0 Å². The fourth-order valence-electron chi connectivity index (χ4n) is 2.59. The molecule has 0 atom stereocenters. The molecule has 0 unspecified atom stereocenters. The molecule has 0 aromatic heterocycles. The number of anilines is 2. The van der Waals surface area contributed by atoms with Crippen LogP contribution < -0.4 is 16.1 Å². The quantitative estimate of drug-likeness (QED) is 0.418. The van der Waals surface area contributed by atoms with Gasteiger partial charge >= 0.3 is 0 Å². The average molecular weight is 362 g/mol. The summed E-state index contributed by atoms with van der Waals surface area (Å²) >= 11 is 6.36. The van der Waals surface area contributed by atoms with Gasteiger partial charge in [0.2, 0.25) is 11.6 Å². The number of hydrogen-bond acceptors (Lipinski definition) is 6. The lowest BCUT2D eigenvalue weighted by Crippen LogP contribution is -2.48. The molecule has 1 aromatic rings. The van der Waals surface area contributed by atoms with Crippen LogP contribution in [0.3, 0.4) is 0 Å². The number of nitrogens with one attached hydrogen (secondary N) is 2. The summed E-state index contributed by atoms with van der Waals surface area (Å²) in [7, 11) is 0. The van der Waals surface area contributed by atoms with Crippen molar-refractivity contribution in [2.45, 2.75) is 13.3 Å². The number of carbonyl (C=O) groups excluding carboxylic acids is 1. The maximum absolute atomic E-state index is 11.8. The van der Waals surface area contributed by atoms with E-state index in [9.17, 15) is 4.79 Å². The Morgan fingerprint density at radius 2 is 2.12 bits per heavy atom. The molecule has 8 nitrogen and oxygen atoms in total. The van der Waals surface area contributed by atoms with Gasteiger partial charge in [-0.2, -0.15) is 10.4 Å². The number of amidine groups is 1. The van der Waals surface area contributed by atoms with Gasteiger partial charge < -0.3 is 15.5 Å². The molecule has 1 heterocycles. The van der Waals surface area contributed by atoms with Gasteiger partial charge in [-0.05, 0) is 12.1 Å². The van der Waals surface area contributed by atoms with Crippen molar-refractivity contribution < 1.29 is 4.79 Å². The lowest BCUT2D eigenvalue weighted by atomic mass is 10.2. The maximum Gasteiger partial charge on any atom is 0.222 e.